The van der Waals surface area contributed by atoms with Gasteiger partial charge in [-0.05, 0) is 44.0 Å². The molecular formula is C16H24ClF2N3O2. The van der Waals surface area contributed by atoms with E-state index in [-0.39, 0.29) is 41.2 Å². The van der Waals surface area contributed by atoms with Crippen LogP contribution in [0, 0.1) is 5.41 Å². The summed E-state index contributed by atoms with van der Waals surface area (Å²) in [5.41, 5.74) is 6.04. The fraction of sp³-hybridized carbons (Fsp3) is 0.562. The van der Waals surface area contributed by atoms with E-state index >= 15 is 0 Å². The number of rotatable bonds is 6. The predicted octanol–water partition coefficient (Wildman–Crippen LogP) is 2.71. The second-order valence-electron chi connectivity index (χ2n) is 6.28. The molecule has 2 unspecified atom stereocenters. The Kier molecular flexibility index (Phi) is 7.38. The molecule has 2 rings (SSSR count). The molecule has 1 aromatic rings. The number of carbonyl (C=O) groups excluding carboxylic acids is 1. The topological polar surface area (TPSA) is 67.6 Å². The maximum atomic E-state index is 12.4. The quantitative estimate of drug-likeness (QED) is 0.815. The van der Waals surface area contributed by atoms with E-state index in [1.54, 1.807) is 19.1 Å². The van der Waals surface area contributed by atoms with Gasteiger partial charge in [0.15, 0.2) is 0 Å². The lowest BCUT2D eigenvalue weighted by Gasteiger charge is -2.26. The first kappa shape index (κ1) is 20.6. The Morgan fingerprint density at radius 1 is 1.46 bits per heavy atom. The summed E-state index contributed by atoms with van der Waals surface area (Å²) in [5.74, 6) is -0.298. The van der Waals surface area contributed by atoms with Gasteiger partial charge >= 0.3 is 6.61 Å². The van der Waals surface area contributed by atoms with Gasteiger partial charge in [-0.2, -0.15) is 8.78 Å². The maximum Gasteiger partial charge on any atom is 0.387 e. The van der Waals surface area contributed by atoms with Crippen molar-refractivity contribution < 1.29 is 18.3 Å². The summed E-state index contributed by atoms with van der Waals surface area (Å²) >= 11 is 0. The van der Waals surface area contributed by atoms with Crippen molar-refractivity contribution in [2.24, 2.45) is 11.1 Å². The number of nitrogens with two attached hydrogens (primary N) is 1. The first-order valence-corrected chi connectivity index (χ1v) is 7.63. The Labute approximate surface area is 146 Å². The lowest BCUT2D eigenvalue weighted by Crippen LogP contribution is -2.42. The first-order chi connectivity index (χ1) is 10.8. The third-order valence-electron chi connectivity index (χ3n) is 4.37. The molecule has 2 atom stereocenters. The number of benzene rings is 1. The van der Waals surface area contributed by atoms with Crippen LogP contribution in [0.4, 0.5) is 14.5 Å². The number of nitrogens with zero attached hydrogens (tertiary/aromatic N) is 1. The minimum Gasteiger partial charge on any atom is -0.433 e. The molecule has 136 valence electrons. The molecule has 0 saturated carbocycles. The van der Waals surface area contributed by atoms with E-state index in [2.05, 4.69) is 21.9 Å². The minimum atomic E-state index is -2.94. The fourth-order valence-electron chi connectivity index (χ4n) is 2.73. The zero-order chi connectivity index (χ0) is 17.0. The van der Waals surface area contributed by atoms with Gasteiger partial charge in [-0.1, -0.05) is 19.1 Å². The van der Waals surface area contributed by atoms with Crippen molar-refractivity contribution >= 4 is 24.0 Å². The maximum absolute atomic E-state index is 12.4. The average molecular weight is 364 g/mol. The summed E-state index contributed by atoms with van der Waals surface area (Å²) in [6.45, 7) is 3.07. The SMILES string of the molecule is CC(C(=O)Nc1ccccc1OC(F)F)N1CCC(C)(CN)C1.Cl. The van der Waals surface area contributed by atoms with Gasteiger partial charge in [0, 0.05) is 6.54 Å². The van der Waals surface area contributed by atoms with Crippen LogP contribution in [-0.4, -0.2) is 43.1 Å². The van der Waals surface area contributed by atoms with Gasteiger partial charge in [0.25, 0.3) is 0 Å². The van der Waals surface area contributed by atoms with Crippen LogP contribution in [-0.2, 0) is 4.79 Å². The fourth-order valence-corrected chi connectivity index (χ4v) is 2.73. The van der Waals surface area contributed by atoms with Crippen LogP contribution >= 0.6 is 12.4 Å². The van der Waals surface area contributed by atoms with Gasteiger partial charge in [-0.3, -0.25) is 9.69 Å². The van der Waals surface area contributed by atoms with Crippen LogP contribution in [0.25, 0.3) is 0 Å². The number of likely N-dealkylation sites (tertiary alicyclic amines) is 1. The van der Waals surface area contributed by atoms with Crippen LogP contribution in [0.3, 0.4) is 0 Å². The average Bonchev–Trinajstić information content (AvgIpc) is 2.91. The van der Waals surface area contributed by atoms with Gasteiger partial charge in [0.1, 0.15) is 5.75 Å². The highest BCUT2D eigenvalue weighted by Gasteiger charge is 2.36. The van der Waals surface area contributed by atoms with E-state index in [0.717, 1.165) is 19.5 Å². The second kappa shape index (κ2) is 8.60. The molecule has 8 heteroatoms. The van der Waals surface area contributed by atoms with E-state index < -0.39 is 6.61 Å². The Morgan fingerprint density at radius 3 is 2.71 bits per heavy atom. The molecule has 0 aromatic heterocycles. The van der Waals surface area contributed by atoms with Crippen molar-refractivity contribution in [3.63, 3.8) is 0 Å². The number of amides is 1. The van der Waals surface area contributed by atoms with Crippen LogP contribution < -0.4 is 15.8 Å². The molecule has 3 N–H and O–H groups in total. The molecule has 1 aliphatic heterocycles. The van der Waals surface area contributed by atoms with Crippen molar-refractivity contribution in [1.29, 1.82) is 0 Å². The third-order valence-corrected chi connectivity index (χ3v) is 4.37. The minimum absolute atomic E-state index is 0. The van der Waals surface area contributed by atoms with Crippen LogP contribution in [0.15, 0.2) is 24.3 Å². The molecule has 24 heavy (non-hydrogen) atoms. The Balaban J connectivity index is 0.00000288. The van der Waals surface area contributed by atoms with Crippen molar-refractivity contribution in [2.45, 2.75) is 32.9 Å². The predicted molar refractivity (Wildman–Crippen MR) is 91.8 cm³/mol. The van der Waals surface area contributed by atoms with Crippen LogP contribution in [0.2, 0.25) is 0 Å². The number of carbonyl (C=O) groups is 1. The zero-order valence-electron chi connectivity index (χ0n) is 13.8. The molecule has 1 saturated heterocycles. The van der Waals surface area contributed by atoms with Crippen molar-refractivity contribution in [3.05, 3.63) is 24.3 Å². The van der Waals surface area contributed by atoms with E-state index in [9.17, 15) is 13.6 Å². The van der Waals surface area contributed by atoms with Crippen molar-refractivity contribution in [2.75, 3.05) is 25.0 Å². The summed E-state index contributed by atoms with van der Waals surface area (Å²) in [6.07, 6.45) is 0.937. The molecule has 1 aliphatic rings. The van der Waals surface area contributed by atoms with E-state index in [4.69, 9.17) is 5.73 Å². The van der Waals surface area contributed by atoms with Crippen molar-refractivity contribution in [1.82, 2.24) is 4.90 Å². The highest BCUT2D eigenvalue weighted by atomic mass is 35.5. The molecule has 1 fully saturated rings. The number of hydrogen-bond acceptors (Lipinski definition) is 4. The van der Waals surface area contributed by atoms with Gasteiger partial charge in [-0.15, -0.1) is 12.4 Å². The normalized spacial score (nSPS) is 22.1. The smallest absolute Gasteiger partial charge is 0.387 e. The van der Waals surface area contributed by atoms with E-state index in [1.807, 2.05) is 0 Å². The number of anilines is 1. The first-order valence-electron chi connectivity index (χ1n) is 7.63. The second-order valence-corrected chi connectivity index (χ2v) is 6.28. The Bertz CT molecular complexity index is 562. The van der Waals surface area contributed by atoms with Crippen LogP contribution in [0.1, 0.15) is 20.3 Å². The number of nitrogens with one attached hydrogen (secondary N) is 1. The number of alkyl halides is 2. The number of halogens is 3. The number of para-hydroxylation sites is 2. The number of hydrogen-bond donors (Lipinski definition) is 2. The van der Waals surface area contributed by atoms with Gasteiger partial charge < -0.3 is 15.8 Å². The lowest BCUT2D eigenvalue weighted by atomic mass is 9.90. The highest BCUT2D eigenvalue weighted by molar-refractivity contribution is 5.95. The summed E-state index contributed by atoms with van der Waals surface area (Å²) in [6, 6.07) is 5.79. The van der Waals surface area contributed by atoms with E-state index in [1.165, 1.54) is 12.1 Å². The zero-order valence-corrected chi connectivity index (χ0v) is 14.6. The standard InChI is InChI=1S/C16H23F2N3O2.ClH/c1-11(21-8-7-16(2,9-19)10-21)14(22)20-12-5-3-4-6-13(12)23-15(17)18;/h3-6,11,15H,7-10,19H2,1-2H3,(H,20,22);1H. The Morgan fingerprint density at radius 2 is 2.12 bits per heavy atom. The monoisotopic (exact) mass is 363 g/mol. The van der Waals surface area contributed by atoms with Crippen molar-refractivity contribution in [3.8, 4) is 5.75 Å². The van der Waals surface area contributed by atoms with E-state index in [0.29, 0.717) is 6.54 Å². The summed E-state index contributed by atoms with van der Waals surface area (Å²) < 4.78 is 29.2. The summed E-state index contributed by atoms with van der Waals surface area (Å²) in [5, 5.41) is 2.67. The Hall–Kier alpha value is -1.44. The molecule has 1 aromatic carbocycles. The molecule has 0 radical (unpaired) electrons. The molecule has 5 nitrogen and oxygen atoms in total. The molecular weight excluding hydrogens is 340 g/mol. The lowest BCUT2D eigenvalue weighted by molar-refractivity contribution is -0.120. The molecule has 0 bridgehead atoms. The van der Waals surface area contributed by atoms with Crippen LogP contribution in [0.5, 0.6) is 5.75 Å². The van der Waals surface area contributed by atoms with Gasteiger partial charge in [0.05, 0.1) is 11.7 Å². The largest absolute Gasteiger partial charge is 0.433 e. The highest BCUT2D eigenvalue weighted by Crippen LogP contribution is 2.30. The molecule has 0 aliphatic carbocycles. The molecule has 1 amide bonds. The number of ether oxygens (including phenoxy) is 1. The van der Waals surface area contributed by atoms with Gasteiger partial charge in [0.2, 0.25) is 5.91 Å². The molecule has 1 heterocycles. The summed E-state index contributed by atoms with van der Waals surface area (Å²) in [7, 11) is 0. The third kappa shape index (κ3) is 5.03. The summed E-state index contributed by atoms with van der Waals surface area (Å²) in [4.78, 5) is 14.5. The molecule has 0 spiro atoms. The van der Waals surface area contributed by atoms with Gasteiger partial charge in [-0.25, -0.2) is 0 Å².